The van der Waals surface area contributed by atoms with Crippen LogP contribution < -0.4 is 10.1 Å². The molecule has 6 nitrogen and oxygen atoms in total. The Morgan fingerprint density at radius 2 is 1.83 bits per heavy atom. The van der Waals surface area contributed by atoms with E-state index < -0.39 is 11.6 Å². The van der Waals surface area contributed by atoms with Crippen LogP contribution in [0, 0.1) is 0 Å². The zero-order valence-corrected chi connectivity index (χ0v) is 14.0. The number of hydrogen-bond donors (Lipinski definition) is 2. The number of aliphatic carboxylic acids is 1. The molecule has 132 valence electrons. The number of carboxylic acid groups (broad SMARTS) is 1. The third kappa shape index (κ3) is 4.96. The van der Waals surface area contributed by atoms with Crippen molar-refractivity contribution in [3.8, 4) is 5.75 Å². The van der Waals surface area contributed by atoms with Gasteiger partial charge in [-0.2, -0.15) is 0 Å². The second kappa shape index (κ2) is 8.68. The predicted octanol–water partition coefficient (Wildman–Crippen LogP) is 2.16. The van der Waals surface area contributed by atoms with Gasteiger partial charge in [-0.15, -0.1) is 0 Å². The molecule has 1 aliphatic rings. The van der Waals surface area contributed by atoms with Gasteiger partial charge in [0.25, 0.3) is 5.91 Å². The summed E-state index contributed by atoms with van der Waals surface area (Å²) in [7, 11) is 1.61. The third-order valence-corrected chi connectivity index (χ3v) is 4.45. The van der Waals surface area contributed by atoms with Crippen molar-refractivity contribution in [1.29, 1.82) is 0 Å². The average Bonchev–Trinajstić information content (AvgIpc) is 2.61. The molecule has 0 radical (unpaired) electrons. The van der Waals surface area contributed by atoms with E-state index in [1.807, 2.05) is 12.1 Å². The van der Waals surface area contributed by atoms with E-state index >= 15 is 0 Å². The number of hydrogen-bond acceptors (Lipinski definition) is 4. The van der Waals surface area contributed by atoms with E-state index in [-0.39, 0.29) is 12.5 Å². The van der Waals surface area contributed by atoms with E-state index in [4.69, 9.17) is 14.6 Å². The van der Waals surface area contributed by atoms with E-state index in [0.717, 1.165) is 37.7 Å². The van der Waals surface area contributed by atoms with Crippen LogP contribution in [0.5, 0.6) is 5.75 Å². The topological polar surface area (TPSA) is 84.9 Å². The molecule has 1 fully saturated rings. The lowest BCUT2D eigenvalue weighted by atomic mass is 9.84. The highest BCUT2D eigenvalue weighted by atomic mass is 16.5. The first-order chi connectivity index (χ1) is 11.6. The highest BCUT2D eigenvalue weighted by Gasteiger charge is 2.39. The summed E-state index contributed by atoms with van der Waals surface area (Å²) in [5.41, 5.74) is 0.389. The first kappa shape index (κ1) is 18.3. The Labute approximate surface area is 142 Å². The second-order valence-corrected chi connectivity index (χ2v) is 6.09. The van der Waals surface area contributed by atoms with Crippen molar-refractivity contribution < 1.29 is 24.2 Å². The van der Waals surface area contributed by atoms with Crippen LogP contribution in [0.2, 0.25) is 0 Å². The van der Waals surface area contributed by atoms with Crippen molar-refractivity contribution in [3.05, 3.63) is 29.8 Å². The molecular formula is C18H25NO5. The lowest BCUT2D eigenvalue weighted by molar-refractivity contribution is -0.147. The van der Waals surface area contributed by atoms with Crippen LogP contribution in [0.4, 0.5) is 0 Å². The lowest BCUT2D eigenvalue weighted by Crippen LogP contribution is -2.50. The van der Waals surface area contributed by atoms with Crippen LogP contribution in [-0.4, -0.2) is 42.8 Å². The number of carboxylic acids is 1. The third-order valence-electron chi connectivity index (χ3n) is 4.45. The van der Waals surface area contributed by atoms with Gasteiger partial charge in [0.05, 0.1) is 0 Å². The monoisotopic (exact) mass is 335 g/mol. The minimum atomic E-state index is -1.00. The molecule has 1 amide bonds. The number of rotatable bonds is 8. The zero-order valence-electron chi connectivity index (χ0n) is 14.0. The number of benzene rings is 1. The fourth-order valence-electron chi connectivity index (χ4n) is 3.03. The van der Waals surface area contributed by atoms with Crippen molar-refractivity contribution in [2.75, 3.05) is 20.3 Å². The number of nitrogens with one attached hydrogen (secondary N) is 1. The molecule has 0 unspecified atom stereocenters. The first-order valence-corrected chi connectivity index (χ1v) is 8.33. The maximum Gasteiger partial charge on any atom is 0.341 e. The van der Waals surface area contributed by atoms with Gasteiger partial charge < -0.3 is 19.9 Å². The lowest BCUT2D eigenvalue weighted by Gasteiger charge is -2.34. The highest BCUT2D eigenvalue weighted by Crippen LogP contribution is 2.31. The molecule has 0 atom stereocenters. The fourth-order valence-corrected chi connectivity index (χ4v) is 3.03. The zero-order chi connectivity index (χ0) is 17.4. The number of methoxy groups -OCH3 is 1. The van der Waals surface area contributed by atoms with Gasteiger partial charge in [-0.05, 0) is 37.0 Å². The Kier molecular flexibility index (Phi) is 6.61. The molecular weight excluding hydrogens is 310 g/mol. The summed E-state index contributed by atoms with van der Waals surface area (Å²) < 4.78 is 10.6. The van der Waals surface area contributed by atoms with Crippen molar-refractivity contribution in [2.45, 2.75) is 44.1 Å². The van der Waals surface area contributed by atoms with Gasteiger partial charge in [0, 0.05) is 13.7 Å². The Hall–Kier alpha value is -2.08. The predicted molar refractivity (Wildman–Crippen MR) is 89.1 cm³/mol. The number of carbonyl (C=O) groups excluding carboxylic acids is 1. The summed E-state index contributed by atoms with van der Waals surface area (Å²) in [6.07, 6.45) is 5.48. The summed E-state index contributed by atoms with van der Waals surface area (Å²) in [6, 6.07) is 7.21. The van der Waals surface area contributed by atoms with E-state index in [0.29, 0.717) is 18.7 Å². The Morgan fingerprint density at radius 3 is 2.42 bits per heavy atom. The van der Waals surface area contributed by atoms with Crippen LogP contribution in [0.15, 0.2) is 24.3 Å². The molecule has 0 bridgehead atoms. The summed E-state index contributed by atoms with van der Waals surface area (Å²) in [5.74, 6) is -0.506. The average molecular weight is 335 g/mol. The van der Waals surface area contributed by atoms with Gasteiger partial charge in [-0.25, -0.2) is 4.79 Å². The van der Waals surface area contributed by atoms with Crippen LogP contribution in [0.25, 0.3) is 0 Å². The standard InChI is InChI=1S/C18H25NO5/c1-23-18(10-3-2-4-11-18)17(22)19-12-9-14-5-7-15(8-6-14)24-13-16(20)21/h5-8H,2-4,9-13H2,1H3,(H,19,22)(H,20,21). The number of amides is 1. The summed E-state index contributed by atoms with van der Waals surface area (Å²) in [6.45, 7) is 0.188. The SMILES string of the molecule is COC1(C(=O)NCCc2ccc(OCC(=O)O)cc2)CCCCC1. The van der Waals surface area contributed by atoms with Gasteiger partial charge in [0.15, 0.2) is 6.61 Å². The molecule has 1 aromatic rings. The minimum Gasteiger partial charge on any atom is -0.482 e. The summed E-state index contributed by atoms with van der Waals surface area (Å²) in [5, 5.41) is 11.5. The molecule has 0 aromatic heterocycles. The number of ether oxygens (including phenoxy) is 2. The summed E-state index contributed by atoms with van der Waals surface area (Å²) in [4.78, 5) is 22.9. The molecule has 0 aliphatic heterocycles. The normalized spacial score (nSPS) is 16.4. The highest BCUT2D eigenvalue weighted by molar-refractivity contribution is 5.85. The van der Waals surface area contributed by atoms with Gasteiger partial charge in [0.2, 0.25) is 0 Å². The molecule has 2 N–H and O–H groups in total. The molecule has 1 aliphatic carbocycles. The summed E-state index contributed by atoms with van der Waals surface area (Å²) >= 11 is 0. The van der Waals surface area contributed by atoms with Crippen molar-refractivity contribution in [3.63, 3.8) is 0 Å². The molecule has 0 spiro atoms. The second-order valence-electron chi connectivity index (χ2n) is 6.09. The van der Waals surface area contributed by atoms with E-state index in [1.54, 1.807) is 19.2 Å². The van der Waals surface area contributed by atoms with E-state index in [1.165, 1.54) is 0 Å². The van der Waals surface area contributed by atoms with Gasteiger partial charge >= 0.3 is 5.97 Å². The van der Waals surface area contributed by atoms with Crippen LogP contribution >= 0.6 is 0 Å². The Morgan fingerprint density at radius 1 is 1.17 bits per heavy atom. The van der Waals surface area contributed by atoms with Gasteiger partial charge in [-0.3, -0.25) is 4.79 Å². The van der Waals surface area contributed by atoms with Crippen molar-refractivity contribution >= 4 is 11.9 Å². The molecule has 24 heavy (non-hydrogen) atoms. The molecule has 1 saturated carbocycles. The van der Waals surface area contributed by atoms with Gasteiger partial charge in [0.1, 0.15) is 11.4 Å². The number of carbonyl (C=O) groups is 2. The fraction of sp³-hybridized carbons (Fsp3) is 0.556. The van der Waals surface area contributed by atoms with Crippen LogP contribution in [0.3, 0.4) is 0 Å². The Balaban J connectivity index is 1.78. The maximum atomic E-state index is 12.4. The molecule has 2 rings (SSSR count). The van der Waals surface area contributed by atoms with Crippen molar-refractivity contribution in [1.82, 2.24) is 5.32 Å². The molecule has 6 heteroatoms. The quantitative estimate of drug-likeness (QED) is 0.760. The van der Waals surface area contributed by atoms with Gasteiger partial charge in [-0.1, -0.05) is 31.4 Å². The molecule has 1 aromatic carbocycles. The molecule has 0 saturated heterocycles. The Bertz CT molecular complexity index is 549. The molecule has 0 heterocycles. The maximum absolute atomic E-state index is 12.4. The largest absolute Gasteiger partial charge is 0.482 e. The van der Waals surface area contributed by atoms with Crippen LogP contribution in [-0.2, 0) is 20.7 Å². The van der Waals surface area contributed by atoms with Crippen LogP contribution in [0.1, 0.15) is 37.7 Å². The first-order valence-electron chi connectivity index (χ1n) is 8.33. The van der Waals surface area contributed by atoms with E-state index in [2.05, 4.69) is 5.32 Å². The van der Waals surface area contributed by atoms with Crippen molar-refractivity contribution in [2.24, 2.45) is 0 Å². The van der Waals surface area contributed by atoms with E-state index in [9.17, 15) is 9.59 Å². The minimum absolute atomic E-state index is 0.0221. The smallest absolute Gasteiger partial charge is 0.341 e.